The summed E-state index contributed by atoms with van der Waals surface area (Å²) in [5.41, 5.74) is 2.03. The molecule has 1 heterocycles. The Morgan fingerprint density at radius 2 is 1.91 bits per heavy atom. The van der Waals surface area contributed by atoms with Gasteiger partial charge >= 0.3 is 0 Å². The molecule has 130 valence electrons. The number of benzene rings is 1. The van der Waals surface area contributed by atoms with Gasteiger partial charge in [0.2, 0.25) is 10.0 Å². The lowest BCUT2D eigenvalue weighted by Crippen LogP contribution is -2.40. The van der Waals surface area contributed by atoms with E-state index in [2.05, 4.69) is 12.2 Å². The van der Waals surface area contributed by atoms with Gasteiger partial charge in [-0.05, 0) is 56.5 Å². The fraction of sp³-hybridized carbons (Fsp3) is 0.647. The molecule has 0 unspecified atom stereocenters. The fourth-order valence-electron chi connectivity index (χ4n) is 3.08. The molecule has 5 nitrogen and oxygen atoms in total. The molecule has 1 aromatic carbocycles. The van der Waals surface area contributed by atoms with Crippen molar-refractivity contribution in [3.8, 4) is 0 Å². The third-order valence-electron chi connectivity index (χ3n) is 4.56. The SMILES string of the molecule is CCNCC1CCN(S(=O)(=O)c2ccc(C)c(N(C)C)c2)CC1. The van der Waals surface area contributed by atoms with Gasteiger partial charge in [0.25, 0.3) is 0 Å². The Morgan fingerprint density at radius 3 is 2.48 bits per heavy atom. The molecule has 0 amide bonds. The Labute approximate surface area is 140 Å². The molecule has 0 aromatic heterocycles. The van der Waals surface area contributed by atoms with Crippen LogP contribution in [-0.2, 0) is 10.0 Å². The fourth-order valence-corrected chi connectivity index (χ4v) is 4.57. The third-order valence-corrected chi connectivity index (χ3v) is 6.45. The molecule has 1 fully saturated rings. The molecule has 1 aliphatic heterocycles. The van der Waals surface area contributed by atoms with E-state index >= 15 is 0 Å². The summed E-state index contributed by atoms with van der Waals surface area (Å²) < 4.78 is 27.4. The predicted octanol–water partition coefficient (Wildman–Crippen LogP) is 2.07. The maximum absolute atomic E-state index is 12.9. The van der Waals surface area contributed by atoms with Crippen LogP contribution in [0.25, 0.3) is 0 Å². The molecule has 2 rings (SSSR count). The van der Waals surface area contributed by atoms with Crippen molar-refractivity contribution in [3.63, 3.8) is 0 Å². The van der Waals surface area contributed by atoms with Gasteiger partial charge < -0.3 is 10.2 Å². The zero-order valence-corrected chi connectivity index (χ0v) is 15.5. The molecule has 1 aliphatic rings. The highest BCUT2D eigenvalue weighted by atomic mass is 32.2. The first kappa shape index (κ1) is 18.2. The van der Waals surface area contributed by atoms with Crippen LogP contribution in [0.1, 0.15) is 25.3 Å². The summed E-state index contributed by atoms with van der Waals surface area (Å²) in [5, 5.41) is 3.36. The smallest absolute Gasteiger partial charge is 0.243 e. The molecule has 0 bridgehead atoms. The maximum Gasteiger partial charge on any atom is 0.243 e. The zero-order chi connectivity index (χ0) is 17.0. The summed E-state index contributed by atoms with van der Waals surface area (Å²) in [6.45, 7) is 7.28. The zero-order valence-electron chi connectivity index (χ0n) is 14.7. The van der Waals surface area contributed by atoms with Crippen LogP contribution < -0.4 is 10.2 Å². The van der Waals surface area contributed by atoms with Crippen molar-refractivity contribution in [2.75, 3.05) is 45.2 Å². The first-order valence-electron chi connectivity index (χ1n) is 8.35. The van der Waals surface area contributed by atoms with Gasteiger partial charge in [0.05, 0.1) is 4.90 Å². The Bertz CT molecular complexity index is 621. The average molecular weight is 340 g/mol. The summed E-state index contributed by atoms with van der Waals surface area (Å²) >= 11 is 0. The minimum atomic E-state index is -3.39. The van der Waals surface area contributed by atoms with E-state index in [0.717, 1.165) is 37.2 Å². The maximum atomic E-state index is 12.9. The monoisotopic (exact) mass is 339 g/mol. The Hall–Kier alpha value is -1.11. The number of sulfonamides is 1. The lowest BCUT2D eigenvalue weighted by Gasteiger charge is -2.31. The van der Waals surface area contributed by atoms with Crippen molar-refractivity contribution in [2.45, 2.75) is 31.6 Å². The molecule has 1 N–H and O–H groups in total. The van der Waals surface area contributed by atoms with Crippen LogP contribution in [0.3, 0.4) is 0 Å². The van der Waals surface area contributed by atoms with E-state index < -0.39 is 10.0 Å². The third kappa shape index (κ3) is 4.25. The second kappa shape index (κ2) is 7.64. The van der Waals surface area contributed by atoms with Gasteiger partial charge in [-0.2, -0.15) is 4.31 Å². The van der Waals surface area contributed by atoms with Crippen LogP contribution in [0, 0.1) is 12.8 Å². The minimum absolute atomic E-state index is 0.400. The Balaban J connectivity index is 2.12. The van der Waals surface area contributed by atoms with E-state index in [1.807, 2.05) is 32.0 Å². The summed E-state index contributed by atoms with van der Waals surface area (Å²) in [7, 11) is 0.478. The van der Waals surface area contributed by atoms with Crippen LogP contribution in [0.4, 0.5) is 5.69 Å². The predicted molar refractivity (Wildman–Crippen MR) is 95.5 cm³/mol. The van der Waals surface area contributed by atoms with Crippen LogP contribution in [-0.4, -0.2) is 53.0 Å². The highest BCUT2D eigenvalue weighted by Crippen LogP contribution is 2.27. The number of nitrogens with zero attached hydrogens (tertiary/aromatic N) is 2. The molecule has 0 spiro atoms. The van der Waals surface area contributed by atoms with Crippen molar-refractivity contribution < 1.29 is 8.42 Å². The van der Waals surface area contributed by atoms with Crippen molar-refractivity contribution in [1.29, 1.82) is 0 Å². The molecule has 23 heavy (non-hydrogen) atoms. The van der Waals surface area contributed by atoms with Crippen LogP contribution >= 0.6 is 0 Å². The van der Waals surface area contributed by atoms with Gasteiger partial charge in [-0.1, -0.05) is 13.0 Å². The summed E-state index contributed by atoms with van der Waals surface area (Å²) in [6, 6.07) is 5.40. The lowest BCUT2D eigenvalue weighted by molar-refractivity contribution is 0.268. The van der Waals surface area contributed by atoms with Crippen molar-refractivity contribution in [3.05, 3.63) is 23.8 Å². The largest absolute Gasteiger partial charge is 0.377 e. The number of hydrogen-bond acceptors (Lipinski definition) is 4. The van der Waals surface area contributed by atoms with E-state index in [9.17, 15) is 8.42 Å². The molecule has 1 aromatic rings. The topological polar surface area (TPSA) is 52.7 Å². The van der Waals surface area contributed by atoms with Gasteiger partial charge in [0.15, 0.2) is 0 Å². The molecular formula is C17H29N3O2S. The van der Waals surface area contributed by atoms with E-state index in [-0.39, 0.29) is 0 Å². The molecule has 0 saturated carbocycles. The summed E-state index contributed by atoms with van der Waals surface area (Å²) in [6.07, 6.45) is 1.86. The molecule has 0 aliphatic carbocycles. The summed E-state index contributed by atoms with van der Waals surface area (Å²) in [4.78, 5) is 2.36. The highest BCUT2D eigenvalue weighted by molar-refractivity contribution is 7.89. The molecule has 1 saturated heterocycles. The van der Waals surface area contributed by atoms with Gasteiger partial charge in [-0.3, -0.25) is 0 Å². The van der Waals surface area contributed by atoms with E-state index in [4.69, 9.17) is 0 Å². The van der Waals surface area contributed by atoms with Crippen LogP contribution in [0.2, 0.25) is 0 Å². The number of hydrogen-bond donors (Lipinski definition) is 1. The second-order valence-electron chi connectivity index (χ2n) is 6.50. The van der Waals surface area contributed by atoms with E-state index in [1.54, 1.807) is 16.4 Å². The average Bonchev–Trinajstić information content (AvgIpc) is 2.53. The Morgan fingerprint density at radius 1 is 1.26 bits per heavy atom. The van der Waals surface area contributed by atoms with E-state index in [0.29, 0.717) is 23.9 Å². The molecule has 6 heteroatoms. The molecule has 0 radical (unpaired) electrons. The number of rotatable bonds is 6. The van der Waals surface area contributed by atoms with Crippen molar-refractivity contribution in [1.82, 2.24) is 9.62 Å². The van der Waals surface area contributed by atoms with Crippen molar-refractivity contribution >= 4 is 15.7 Å². The van der Waals surface area contributed by atoms with Crippen LogP contribution in [0.5, 0.6) is 0 Å². The molecular weight excluding hydrogens is 310 g/mol. The highest BCUT2D eigenvalue weighted by Gasteiger charge is 2.29. The van der Waals surface area contributed by atoms with Gasteiger partial charge in [0, 0.05) is 32.9 Å². The Kier molecular flexibility index (Phi) is 6.06. The van der Waals surface area contributed by atoms with Crippen molar-refractivity contribution in [2.24, 2.45) is 5.92 Å². The van der Waals surface area contributed by atoms with Crippen LogP contribution in [0.15, 0.2) is 23.1 Å². The van der Waals surface area contributed by atoms with Gasteiger partial charge in [-0.15, -0.1) is 0 Å². The first-order chi connectivity index (χ1) is 10.9. The summed E-state index contributed by atoms with van der Waals surface area (Å²) in [5.74, 6) is 0.580. The quantitative estimate of drug-likeness (QED) is 0.862. The normalized spacial score (nSPS) is 17.4. The first-order valence-corrected chi connectivity index (χ1v) is 9.79. The number of aryl methyl sites for hydroxylation is 1. The standard InChI is InChI=1S/C17H29N3O2S/c1-5-18-13-15-8-10-20(11-9-15)23(21,22)16-7-6-14(2)17(12-16)19(3)4/h6-7,12,15,18H,5,8-11,13H2,1-4H3. The number of piperidine rings is 1. The lowest BCUT2D eigenvalue weighted by atomic mass is 9.98. The molecule has 0 atom stereocenters. The second-order valence-corrected chi connectivity index (χ2v) is 8.44. The van der Waals surface area contributed by atoms with E-state index in [1.165, 1.54) is 0 Å². The number of nitrogens with one attached hydrogen (secondary N) is 1. The number of anilines is 1. The van der Waals surface area contributed by atoms with Gasteiger partial charge in [0.1, 0.15) is 0 Å². The minimum Gasteiger partial charge on any atom is -0.377 e. The van der Waals surface area contributed by atoms with Gasteiger partial charge in [-0.25, -0.2) is 8.42 Å².